The van der Waals surface area contributed by atoms with Gasteiger partial charge in [0.15, 0.2) is 5.13 Å². The van der Waals surface area contributed by atoms with Crippen LogP contribution in [0.15, 0.2) is 22.4 Å². The number of H-pyrrole nitrogens is 1. The zero-order valence-electron chi connectivity index (χ0n) is 15.1. The number of aryl methyl sites for hydroxylation is 1. The lowest BCUT2D eigenvalue weighted by Gasteiger charge is -2.33. The number of hydrogen-bond acceptors (Lipinski definition) is 6. The largest absolute Gasteiger partial charge is 0.342 e. The minimum atomic E-state index is -0.308. The molecule has 2 aromatic rings. The summed E-state index contributed by atoms with van der Waals surface area (Å²) in [6, 6.07) is 1.55. The number of thiazole rings is 1. The zero-order valence-corrected chi connectivity index (χ0v) is 15.9. The van der Waals surface area contributed by atoms with E-state index in [-0.39, 0.29) is 35.6 Å². The maximum absolute atomic E-state index is 12.9. The van der Waals surface area contributed by atoms with Crippen LogP contribution in [0.25, 0.3) is 0 Å². The Morgan fingerprint density at radius 2 is 2.07 bits per heavy atom. The maximum atomic E-state index is 12.9. The molecule has 2 fully saturated rings. The van der Waals surface area contributed by atoms with E-state index in [1.165, 1.54) is 11.3 Å². The van der Waals surface area contributed by atoms with Crippen molar-refractivity contribution >= 4 is 28.3 Å². The van der Waals surface area contributed by atoms with E-state index >= 15 is 0 Å². The Morgan fingerprint density at radius 3 is 2.74 bits per heavy atom. The average molecular weight is 387 g/mol. The number of likely N-dealkylation sites (tertiary alicyclic amines) is 1. The SMILES string of the molecule is Cc1nc(C2CCN(C(=O)C3CC(=O)N(c4nccs4)C3)CC2)cc(=O)[nH]1. The predicted octanol–water partition coefficient (Wildman–Crippen LogP) is 1.29. The Bertz CT molecular complexity index is 902. The number of piperidine rings is 1. The van der Waals surface area contributed by atoms with Crippen molar-refractivity contribution in [1.82, 2.24) is 19.9 Å². The van der Waals surface area contributed by atoms with Crippen LogP contribution in [0.3, 0.4) is 0 Å². The average Bonchev–Trinajstić information content (AvgIpc) is 3.30. The molecular formula is C18H21N5O3S. The molecule has 2 amide bonds. The first-order valence-electron chi connectivity index (χ1n) is 9.08. The van der Waals surface area contributed by atoms with Crippen molar-refractivity contribution in [2.45, 2.75) is 32.1 Å². The summed E-state index contributed by atoms with van der Waals surface area (Å²) in [5.74, 6) is 0.491. The second-order valence-electron chi connectivity index (χ2n) is 7.08. The van der Waals surface area contributed by atoms with E-state index < -0.39 is 0 Å². The quantitative estimate of drug-likeness (QED) is 0.856. The van der Waals surface area contributed by atoms with Crippen molar-refractivity contribution in [2.75, 3.05) is 24.5 Å². The molecule has 4 rings (SSSR count). The molecule has 2 aliphatic rings. The van der Waals surface area contributed by atoms with Gasteiger partial charge in [0, 0.05) is 49.6 Å². The van der Waals surface area contributed by atoms with Crippen molar-refractivity contribution in [3.63, 3.8) is 0 Å². The highest BCUT2D eigenvalue weighted by Crippen LogP contribution is 2.30. The Hall–Kier alpha value is -2.55. The first-order chi connectivity index (χ1) is 13.0. The molecule has 0 saturated carbocycles. The second kappa shape index (κ2) is 7.22. The lowest BCUT2D eigenvalue weighted by atomic mass is 9.92. The number of nitrogens with one attached hydrogen (secondary N) is 1. The number of aromatic nitrogens is 3. The van der Waals surface area contributed by atoms with E-state index in [4.69, 9.17) is 0 Å². The van der Waals surface area contributed by atoms with Gasteiger partial charge >= 0.3 is 0 Å². The van der Waals surface area contributed by atoms with Gasteiger partial charge in [-0.3, -0.25) is 19.3 Å². The molecule has 0 aliphatic carbocycles. The molecule has 4 heterocycles. The molecule has 1 N–H and O–H groups in total. The molecule has 2 aromatic heterocycles. The molecule has 9 heteroatoms. The monoisotopic (exact) mass is 387 g/mol. The van der Waals surface area contributed by atoms with Crippen LogP contribution in [-0.2, 0) is 9.59 Å². The Balaban J connectivity index is 1.37. The summed E-state index contributed by atoms with van der Waals surface area (Å²) >= 11 is 1.41. The standard InChI is InChI=1S/C18H21N5O3S/c1-11-20-14(9-15(24)21-11)12-2-5-22(6-3-12)17(26)13-8-16(25)23(10-13)18-19-4-7-27-18/h4,7,9,12-13H,2-3,5-6,8,10H2,1H3,(H,20,21,24). The predicted molar refractivity (Wildman–Crippen MR) is 101 cm³/mol. The van der Waals surface area contributed by atoms with Gasteiger partial charge in [-0.1, -0.05) is 0 Å². The fourth-order valence-electron chi connectivity index (χ4n) is 3.87. The van der Waals surface area contributed by atoms with E-state index in [1.807, 2.05) is 10.3 Å². The molecule has 0 bridgehead atoms. The van der Waals surface area contributed by atoms with Gasteiger partial charge in [-0.15, -0.1) is 11.3 Å². The normalized spacial score (nSPS) is 21.1. The number of carbonyl (C=O) groups is 2. The first-order valence-corrected chi connectivity index (χ1v) is 9.95. The molecule has 8 nitrogen and oxygen atoms in total. The van der Waals surface area contributed by atoms with Crippen molar-refractivity contribution < 1.29 is 9.59 Å². The van der Waals surface area contributed by atoms with Crippen LogP contribution in [0.5, 0.6) is 0 Å². The fourth-order valence-corrected chi connectivity index (χ4v) is 4.54. The van der Waals surface area contributed by atoms with Crippen molar-refractivity contribution in [3.05, 3.63) is 39.5 Å². The second-order valence-corrected chi connectivity index (χ2v) is 7.95. The van der Waals surface area contributed by atoms with Gasteiger partial charge in [0.1, 0.15) is 5.82 Å². The summed E-state index contributed by atoms with van der Waals surface area (Å²) in [7, 11) is 0. The zero-order chi connectivity index (χ0) is 19.0. The Kier molecular flexibility index (Phi) is 4.77. The molecular weight excluding hydrogens is 366 g/mol. The number of carbonyl (C=O) groups excluding carboxylic acids is 2. The molecule has 142 valence electrons. The van der Waals surface area contributed by atoms with Crippen LogP contribution < -0.4 is 10.5 Å². The fraction of sp³-hybridized carbons (Fsp3) is 0.500. The summed E-state index contributed by atoms with van der Waals surface area (Å²) in [5, 5.41) is 2.48. The minimum Gasteiger partial charge on any atom is -0.342 e. The smallest absolute Gasteiger partial charge is 0.251 e. The summed E-state index contributed by atoms with van der Waals surface area (Å²) in [5.41, 5.74) is 0.664. The van der Waals surface area contributed by atoms with E-state index in [0.29, 0.717) is 30.6 Å². The highest BCUT2D eigenvalue weighted by molar-refractivity contribution is 7.13. The van der Waals surface area contributed by atoms with Gasteiger partial charge in [0.25, 0.3) is 5.56 Å². The molecule has 2 saturated heterocycles. The van der Waals surface area contributed by atoms with Crippen LogP contribution in [0, 0.1) is 12.8 Å². The van der Waals surface area contributed by atoms with E-state index in [9.17, 15) is 14.4 Å². The van der Waals surface area contributed by atoms with Crippen molar-refractivity contribution in [1.29, 1.82) is 0 Å². The van der Waals surface area contributed by atoms with Gasteiger partial charge in [0.05, 0.1) is 11.6 Å². The van der Waals surface area contributed by atoms with E-state index in [0.717, 1.165) is 18.5 Å². The third-order valence-corrected chi connectivity index (χ3v) is 6.02. The lowest BCUT2D eigenvalue weighted by Crippen LogP contribution is -2.42. The molecule has 0 spiro atoms. The summed E-state index contributed by atoms with van der Waals surface area (Å²) in [6.07, 6.45) is 3.46. The number of nitrogens with zero attached hydrogens (tertiary/aromatic N) is 4. The Morgan fingerprint density at radius 1 is 1.30 bits per heavy atom. The van der Waals surface area contributed by atoms with Crippen LogP contribution in [0.4, 0.5) is 5.13 Å². The number of amides is 2. The topological polar surface area (TPSA) is 99.3 Å². The highest BCUT2D eigenvalue weighted by Gasteiger charge is 2.39. The van der Waals surface area contributed by atoms with Crippen LogP contribution in [-0.4, -0.2) is 51.3 Å². The third-order valence-electron chi connectivity index (χ3n) is 5.23. The molecule has 0 radical (unpaired) electrons. The van der Waals surface area contributed by atoms with Gasteiger partial charge in [-0.2, -0.15) is 0 Å². The Labute approximate surface area is 160 Å². The highest BCUT2D eigenvalue weighted by atomic mass is 32.1. The van der Waals surface area contributed by atoms with Gasteiger partial charge in [-0.25, -0.2) is 9.97 Å². The molecule has 1 unspecified atom stereocenters. The van der Waals surface area contributed by atoms with E-state index in [2.05, 4.69) is 15.0 Å². The van der Waals surface area contributed by atoms with Crippen LogP contribution >= 0.6 is 11.3 Å². The maximum Gasteiger partial charge on any atom is 0.251 e. The number of anilines is 1. The number of rotatable bonds is 3. The lowest BCUT2D eigenvalue weighted by molar-refractivity contribution is -0.136. The number of aromatic amines is 1. The number of hydrogen-bond donors (Lipinski definition) is 1. The molecule has 2 aliphatic heterocycles. The summed E-state index contributed by atoms with van der Waals surface area (Å²) < 4.78 is 0. The molecule has 1 atom stereocenters. The molecule has 27 heavy (non-hydrogen) atoms. The third kappa shape index (κ3) is 3.64. The minimum absolute atomic E-state index is 0.0379. The van der Waals surface area contributed by atoms with Crippen molar-refractivity contribution in [2.24, 2.45) is 5.92 Å². The van der Waals surface area contributed by atoms with Gasteiger partial charge in [0.2, 0.25) is 11.8 Å². The van der Waals surface area contributed by atoms with Crippen molar-refractivity contribution in [3.8, 4) is 0 Å². The van der Waals surface area contributed by atoms with Crippen LogP contribution in [0.1, 0.15) is 36.7 Å². The molecule has 0 aromatic carbocycles. The summed E-state index contributed by atoms with van der Waals surface area (Å²) in [6.45, 7) is 3.42. The van der Waals surface area contributed by atoms with E-state index in [1.54, 1.807) is 24.1 Å². The first kappa shape index (κ1) is 17.8. The van der Waals surface area contributed by atoms with Gasteiger partial charge in [-0.05, 0) is 19.8 Å². The summed E-state index contributed by atoms with van der Waals surface area (Å²) in [4.78, 5) is 51.5. The van der Waals surface area contributed by atoms with Gasteiger partial charge < -0.3 is 9.88 Å². The van der Waals surface area contributed by atoms with Crippen LogP contribution in [0.2, 0.25) is 0 Å².